The van der Waals surface area contributed by atoms with Crippen molar-refractivity contribution in [2.75, 3.05) is 18.9 Å². The molecule has 0 aliphatic carbocycles. The van der Waals surface area contributed by atoms with Crippen LogP contribution in [0.15, 0.2) is 17.1 Å². The topological polar surface area (TPSA) is 129 Å². The van der Waals surface area contributed by atoms with E-state index in [1.807, 2.05) is 0 Å². The molecule has 0 amide bonds. The second-order valence-corrected chi connectivity index (χ2v) is 12.1. The molecule has 1 fully saturated rings. The molecule has 0 spiro atoms. The Labute approximate surface area is 231 Å². The fraction of sp³-hybridized carbons (Fsp3) is 0.852. The number of hydrogen-bond donors (Lipinski definition) is 1. The highest BCUT2D eigenvalue weighted by atomic mass is 31.2. The monoisotopic (exact) mass is 580 g/mol. The molecule has 0 radical (unpaired) electrons. The summed E-state index contributed by atoms with van der Waals surface area (Å²) in [6.45, 7) is 1.85. The van der Waals surface area contributed by atoms with Gasteiger partial charge in [-0.2, -0.15) is 9.55 Å². The van der Waals surface area contributed by atoms with Gasteiger partial charge >= 0.3 is 13.5 Å². The number of ether oxygens (including phenoxy) is 1. The van der Waals surface area contributed by atoms with E-state index in [-0.39, 0.29) is 12.4 Å². The summed E-state index contributed by atoms with van der Waals surface area (Å²) in [5, 5.41) is 0. The molecular weight excluding hydrogens is 531 g/mol. The van der Waals surface area contributed by atoms with Gasteiger partial charge in [-0.05, 0) is 12.5 Å². The van der Waals surface area contributed by atoms with E-state index in [1.165, 1.54) is 83.1 Å². The summed E-state index contributed by atoms with van der Waals surface area (Å²) in [5.41, 5.74) is 4.44. The van der Waals surface area contributed by atoms with Crippen LogP contribution in [0.25, 0.3) is 0 Å². The lowest BCUT2D eigenvalue weighted by Gasteiger charge is -2.19. The van der Waals surface area contributed by atoms with Gasteiger partial charge in [0.05, 0.1) is 19.3 Å². The molecule has 9 nitrogen and oxygen atoms in total. The second-order valence-electron chi connectivity index (χ2n) is 10.5. The Hall–Kier alpha value is -1.39. The fourth-order valence-electron chi connectivity index (χ4n) is 4.76. The van der Waals surface area contributed by atoms with Gasteiger partial charge in [-0.15, -0.1) is 0 Å². The highest BCUT2D eigenvalue weighted by Crippen LogP contribution is 2.47. The van der Waals surface area contributed by atoms with Gasteiger partial charge in [0.2, 0.25) is 6.23 Å². The maximum Gasteiger partial charge on any atom is 0.634 e. The summed E-state index contributed by atoms with van der Waals surface area (Å²) in [4.78, 5) is 23.1. The van der Waals surface area contributed by atoms with E-state index in [2.05, 4.69) is 11.9 Å². The standard InChI is InChI=1S/C27H48F2N3O6P/c1-2-3-4-5-6-7-8-9-10-11-12-13-14-15-16-17-20-36-39(34,35)37-22-23-21-27(28,29)25(38-23)32-19-18-24(30)31-26(32)33/h18-19,23,25H,2-17,20-22H2,1H3,(H,34,35)(H2,30,31,33)/p+1/t23-,25+/m0/s1. The largest absolute Gasteiger partial charge is 0.634 e. The number of halogens is 2. The van der Waals surface area contributed by atoms with Crippen LogP contribution in [0.1, 0.15) is 122 Å². The molecular formula is C27H49F2N3O6P+. The van der Waals surface area contributed by atoms with Gasteiger partial charge < -0.3 is 15.4 Å². The second kappa shape index (κ2) is 18.1. The highest BCUT2D eigenvalue weighted by molar-refractivity contribution is 7.47. The van der Waals surface area contributed by atoms with Gasteiger partial charge in [0.1, 0.15) is 5.82 Å². The molecule has 1 aliphatic heterocycles. The van der Waals surface area contributed by atoms with E-state index < -0.39 is 44.8 Å². The minimum absolute atomic E-state index is 0.0888. The number of nitrogen functional groups attached to an aromatic ring is 1. The van der Waals surface area contributed by atoms with Crippen LogP contribution in [0.4, 0.5) is 14.6 Å². The van der Waals surface area contributed by atoms with E-state index >= 15 is 0 Å². The number of hydrogen-bond acceptors (Lipinski definition) is 7. The van der Waals surface area contributed by atoms with Gasteiger partial charge in [-0.3, -0.25) is 4.57 Å². The first-order valence-electron chi connectivity index (χ1n) is 14.7. The quantitative estimate of drug-likeness (QED) is 0.0899. The van der Waals surface area contributed by atoms with Crippen molar-refractivity contribution in [2.24, 2.45) is 0 Å². The first kappa shape index (κ1) is 33.8. The average molecular weight is 581 g/mol. The Morgan fingerprint density at radius 3 is 2.03 bits per heavy atom. The predicted molar refractivity (Wildman–Crippen MR) is 149 cm³/mol. The number of nitrogens with zero attached hydrogens (tertiary/aromatic N) is 2. The molecule has 2 rings (SSSR count). The van der Waals surface area contributed by atoms with Crippen molar-refractivity contribution >= 4 is 13.6 Å². The van der Waals surface area contributed by atoms with Crippen LogP contribution in [-0.4, -0.2) is 39.7 Å². The maximum absolute atomic E-state index is 14.4. The Morgan fingerprint density at radius 2 is 1.51 bits per heavy atom. The van der Waals surface area contributed by atoms with Crippen LogP contribution in [0, 0.1) is 0 Å². The maximum atomic E-state index is 14.4. The third-order valence-corrected chi connectivity index (χ3v) is 7.99. The van der Waals surface area contributed by atoms with E-state index in [0.717, 1.165) is 25.5 Å². The molecule has 39 heavy (non-hydrogen) atoms. The molecule has 0 aromatic carbocycles. The normalized spacial score (nSPS) is 20.3. The molecule has 1 unspecified atom stereocenters. The van der Waals surface area contributed by atoms with Crippen molar-refractivity contribution in [2.45, 2.75) is 134 Å². The molecule has 226 valence electrons. The summed E-state index contributed by atoms with van der Waals surface area (Å²) < 4.78 is 57.1. The Morgan fingerprint density at radius 1 is 1.00 bits per heavy atom. The summed E-state index contributed by atoms with van der Waals surface area (Å²) in [6.07, 6.45) is 17.0. The number of rotatable bonds is 22. The zero-order valence-electron chi connectivity index (χ0n) is 23.5. The molecule has 1 saturated heterocycles. The molecule has 1 aromatic rings. The lowest BCUT2D eigenvalue weighted by Crippen LogP contribution is -2.35. The van der Waals surface area contributed by atoms with Crippen LogP contribution in [0.5, 0.6) is 0 Å². The molecule has 3 atom stereocenters. The lowest BCUT2D eigenvalue weighted by molar-refractivity contribution is -0.120. The summed E-state index contributed by atoms with van der Waals surface area (Å²) in [7, 11) is -4.16. The van der Waals surface area contributed by atoms with Gasteiger partial charge in [-0.25, -0.2) is 22.6 Å². The molecule has 1 aliphatic rings. The smallest absolute Gasteiger partial charge is 0.383 e. The minimum atomic E-state index is -4.16. The Kier molecular flexibility index (Phi) is 15.7. The van der Waals surface area contributed by atoms with Crippen molar-refractivity contribution in [3.63, 3.8) is 0 Å². The van der Waals surface area contributed by atoms with Gasteiger partial charge in [0.15, 0.2) is 0 Å². The van der Waals surface area contributed by atoms with E-state index in [0.29, 0.717) is 11.0 Å². The van der Waals surface area contributed by atoms with Crippen LogP contribution < -0.4 is 11.4 Å². The highest BCUT2D eigenvalue weighted by Gasteiger charge is 2.52. The number of anilines is 1. The fourth-order valence-corrected chi connectivity index (χ4v) is 5.57. The van der Waals surface area contributed by atoms with Crippen molar-refractivity contribution in [1.29, 1.82) is 0 Å². The number of aromatic nitrogens is 2. The summed E-state index contributed by atoms with van der Waals surface area (Å²) in [5.74, 6) is -3.47. The first-order valence-corrected chi connectivity index (χ1v) is 16.2. The van der Waals surface area contributed by atoms with Crippen LogP contribution in [0.2, 0.25) is 0 Å². The van der Waals surface area contributed by atoms with E-state index in [9.17, 15) is 18.1 Å². The number of nitrogens with two attached hydrogens (primary N) is 1. The van der Waals surface area contributed by atoms with Crippen LogP contribution in [0.3, 0.4) is 0 Å². The van der Waals surface area contributed by atoms with Crippen molar-refractivity contribution in [1.82, 2.24) is 9.55 Å². The number of alkyl halides is 2. The average Bonchev–Trinajstić information content (AvgIpc) is 3.18. The van der Waals surface area contributed by atoms with Gasteiger partial charge in [0, 0.05) is 12.6 Å². The minimum Gasteiger partial charge on any atom is -0.383 e. The molecule has 12 heteroatoms. The molecule has 4 N–H and O–H groups in total. The van der Waals surface area contributed by atoms with Gasteiger partial charge in [0.25, 0.3) is 5.92 Å². The number of unbranched alkanes of at least 4 members (excludes halogenated alkanes) is 15. The molecule has 1 aromatic heterocycles. The van der Waals surface area contributed by atoms with E-state index in [1.54, 1.807) is 0 Å². The third kappa shape index (κ3) is 13.7. The van der Waals surface area contributed by atoms with E-state index in [4.69, 9.17) is 24.4 Å². The summed E-state index contributed by atoms with van der Waals surface area (Å²) in [6, 6.07) is 1.22. The van der Waals surface area contributed by atoms with Crippen molar-refractivity contribution in [3.8, 4) is 0 Å². The zero-order valence-corrected chi connectivity index (χ0v) is 24.4. The predicted octanol–water partition coefficient (Wildman–Crippen LogP) is 6.88. The molecule has 0 saturated carbocycles. The molecule has 0 bridgehead atoms. The van der Waals surface area contributed by atoms with Gasteiger partial charge in [-0.1, -0.05) is 103 Å². The summed E-state index contributed by atoms with van der Waals surface area (Å²) >= 11 is 0. The van der Waals surface area contributed by atoms with Crippen LogP contribution >= 0.6 is 7.82 Å². The first-order chi connectivity index (χ1) is 18.6. The van der Waals surface area contributed by atoms with Crippen LogP contribution in [-0.2, 0) is 18.3 Å². The van der Waals surface area contributed by atoms with Crippen molar-refractivity contribution < 1.29 is 32.0 Å². The third-order valence-electron chi connectivity index (χ3n) is 6.98. The Bertz CT molecular complexity index is 920. The molecule has 2 heterocycles. The Balaban J connectivity index is 1.48. The SMILES string of the molecule is CCCCCCCCCCCCCCCCCCOP(=O)([OH2+])OC[C@@H]1CC(F)(F)[C@H](n2ccc(N)nc2=O)O1. The zero-order chi connectivity index (χ0) is 28.6. The lowest BCUT2D eigenvalue weighted by atomic mass is 10.0. The van der Waals surface area contributed by atoms with Crippen molar-refractivity contribution in [3.05, 3.63) is 22.7 Å².